The Morgan fingerprint density at radius 3 is 2.36 bits per heavy atom. The number of rotatable bonds is 5. The molecule has 0 spiro atoms. The van der Waals surface area contributed by atoms with Crippen LogP contribution in [0, 0.1) is 5.92 Å². The number of hydrogen-bond acceptors (Lipinski definition) is 2. The molecule has 1 N–H and O–H groups in total. The van der Waals surface area contributed by atoms with Gasteiger partial charge in [-0.25, -0.2) is 0 Å². The molecule has 0 bridgehead atoms. The zero-order valence-corrected chi connectivity index (χ0v) is 10.6. The van der Waals surface area contributed by atoms with Gasteiger partial charge in [0.15, 0.2) is 0 Å². The van der Waals surface area contributed by atoms with Crippen LogP contribution in [0.1, 0.15) is 20.3 Å². The Morgan fingerprint density at radius 1 is 1.50 bits per heavy atom. The summed E-state index contributed by atoms with van der Waals surface area (Å²) in [5, 5.41) is 8.67. The molecule has 0 aliphatic heterocycles. The van der Waals surface area contributed by atoms with Crippen molar-refractivity contribution in [3.8, 4) is 0 Å². The summed E-state index contributed by atoms with van der Waals surface area (Å²) in [5.41, 5.74) is 0. The van der Waals surface area contributed by atoms with Gasteiger partial charge in [-0.05, 0) is 39.1 Å². The van der Waals surface area contributed by atoms with Gasteiger partial charge in [0, 0.05) is 0 Å². The molecule has 0 saturated heterocycles. The fourth-order valence-electron chi connectivity index (χ4n) is 0.968. The molecule has 0 aliphatic rings. The summed E-state index contributed by atoms with van der Waals surface area (Å²) >= 11 is 0. The molecule has 0 heterocycles. The lowest BCUT2D eigenvalue weighted by molar-refractivity contribution is -0.140. The van der Waals surface area contributed by atoms with Crippen molar-refractivity contribution in [2.24, 2.45) is 5.92 Å². The lowest BCUT2D eigenvalue weighted by Crippen LogP contribution is -2.24. The third kappa shape index (κ3) is 6.71. The highest BCUT2D eigenvalue weighted by molar-refractivity contribution is 6.70. The van der Waals surface area contributed by atoms with Gasteiger partial charge < -0.3 is 9.53 Å². The molecule has 0 fully saturated rings. The number of aliphatic carboxylic acids is 1. The van der Waals surface area contributed by atoms with Crippen LogP contribution in [0.25, 0.3) is 0 Å². The standard InChI is InChI=1S/C10H20O3Si/c1-8(10(11)12)6-7-9(2)13-14(3,4)5/h7-8H,6H2,1-5H3,(H,11,12). The second-order valence-corrected chi connectivity index (χ2v) is 8.93. The van der Waals surface area contributed by atoms with Crippen LogP contribution in [0.5, 0.6) is 0 Å². The van der Waals surface area contributed by atoms with Crippen molar-refractivity contribution in [1.82, 2.24) is 0 Å². The number of hydrogen-bond donors (Lipinski definition) is 1. The van der Waals surface area contributed by atoms with Crippen molar-refractivity contribution in [3.63, 3.8) is 0 Å². The Morgan fingerprint density at radius 2 is 2.00 bits per heavy atom. The summed E-state index contributed by atoms with van der Waals surface area (Å²) < 4.78 is 5.67. The third-order valence-corrected chi connectivity index (χ3v) is 2.58. The molecule has 0 saturated carbocycles. The van der Waals surface area contributed by atoms with Crippen LogP contribution in [0.2, 0.25) is 19.6 Å². The van der Waals surface area contributed by atoms with Crippen LogP contribution >= 0.6 is 0 Å². The number of carbonyl (C=O) groups is 1. The Balaban J connectivity index is 4.07. The van der Waals surface area contributed by atoms with Crippen LogP contribution in [-0.4, -0.2) is 19.4 Å². The zero-order chi connectivity index (χ0) is 11.4. The topological polar surface area (TPSA) is 46.5 Å². The first-order valence-electron chi connectivity index (χ1n) is 4.81. The Hall–Kier alpha value is -0.773. The molecular formula is C10H20O3Si. The van der Waals surface area contributed by atoms with E-state index in [-0.39, 0.29) is 5.92 Å². The van der Waals surface area contributed by atoms with E-state index in [4.69, 9.17) is 9.53 Å². The van der Waals surface area contributed by atoms with Gasteiger partial charge in [-0.1, -0.05) is 6.92 Å². The van der Waals surface area contributed by atoms with Crippen LogP contribution in [0.3, 0.4) is 0 Å². The maximum Gasteiger partial charge on any atom is 0.306 e. The minimum Gasteiger partial charge on any atom is -0.548 e. The minimum atomic E-state index is -1.54. The van der Waals surface area contributed by atoms with Gasteiger partial charge >= 0.3 is 5.97 Å². The smallest absolute Gasteiger partial charge is 0.306 e. The first-order chi connectivity index (χ1) is 6.22. The fraction of sp³-hybridized carbons (Fsp3) is 0.700. The van der Waals surface area contributed by atoms with Gasteiger partial charge in [0.25, 0.3) is 0 Å². The molecular weight excluding hydrogens is 196 g/mol. The molecule has 82 valence electrons. The van der Waals surface area contributed by atoms with E-state index in [1.165, 1.54) is 0 Å². The van der Waals surface area contributed by atoms with E-state index < -0.39 is 14.3 Å². The van der Waals surface area contributed by atoms with E-state index in [1.807, 2.05) is 13.0 Å². The normalized spacial score (nSPS) is 15.1. The molecule has 0 aliphatic carbocycles. The van der Waals surface area contributed by atoms with Crippen molar-refractivity contribution in [1.29, 1.82) is 0 Å². The lowest BCUT2D eigenvalue weighted by atomic mass is 10.1. The first kappa shape index (κ1) is 13.2. The van der Waals surface area contributed by atoms with E-state index >= 15 is 0 Å². The van der Waals surface area contributed by atoms with Crippen LogP contribution in [0.4, 0.5) is 0 Å². The van der Waals surface area contributed by atoms with E-state index in [1.54, 1.807) is 6.92 Å². The molecule has 0 aromatic carbocycles. The van der Waals surface area contributed by atoms with E-state index in [9.17, 15) is 4.79 Å². The monoisotopic (exact) mass is 216 g/mol. The van der Waals surface area contributed by atoms with Gasteiger partial charge in [0.1, 0.15) is 0 Å². The molecule has 0 aromatic heterocycles. The van der Waals surface area contributed by atoms with Crippen LogP contribution < -0.4 is 0 Å². The summed E-state index contributed by atoms with van der Waals surface area (Å²) in [5.74, 6) is -0.255. The first-order valence-corrected chi connectivity index (χ1v) is 8.22. The predicted octanol–water partition coefficient (Wildman–Crippen LogP) is 2.85. The maximum absolute atomic E-state index is 10.5. The van der Waals surface area contributed by atoms with Crippen molar-refractivity contribution in [2.45, 2.75) is 39.9 Å². The number of carboxylic acid groups (broad SMARTS) is 1. The zero-order valence-electron chi connectivity index (χ0n) is 9.63. The van der Waals surface area contributed by atoms with Gasteiger partial charge in [-0.3, -0.25) is 4.79 Å². The lowest BCUT2D eigenvalue weighted by Gasteiger charge is -2.19. The maximum atomic E-state index is 10.5. The molecule has 0 radical (unpaired) electrons. The highest BCUT2D eigenvalue weighted by Gasteiger charge is 2.16. The molecule has 1 atom stereocenters. The highest BCUT2D eigenvalue weighted by atomic mass is 28.4. The molecule has 3 nitrogen and oxygen atoms in total. The van der Waals surface area contributed by atoms with Gasteiger partial charge in [0.2, 0.25) is 8.32 Å². The average molecular weight is 216 g/mol. The van der Waals surface area contributed by atoms with Crippen LogP contribution in [-0.2, 0) is 9.22 Å². The highest BCUT2D eigenvalue weighted by Crippen LogP contribution is 2.12. The second-order valence-electron chi connectivity index (χ2n) is 4.50. The van der Waals surface area contributed by atoms with Crippen molar-refractivity contribution in [3.05, 3.63) is 11.8 Å². The Labute approximate surface area is 86.9 Å². The van der Waals surface area contributed by atoms with Gasteiger partial charge in [-0.15, -0.1) is 0 Å². The second kappa shape index (κ2) is 5.19. The van der Waals surface area contributed by atoms with E-state index in [0.717, 1.165) is 5.76 Å². The summed E-state index contributed by atoms with van der Waals surface area (Å²) in [4.78, 5) is 10.5. The summed E-state index contributed by atoms with van der Waals surface area (Å²) in [7, 11) is -1.54. The van der Waals surface area contributed by atoms with Crippen molar-refractivity contribution < 1.29 is 14.3 Å². The molecule has 0 rings (SSSR count). The Kier molecular flexibility index (Phi) is 4.91. The number of allylic oxidation sites excluding steroid dienone is 2. The summed E-state index contributed by atoms with van der Waals surface area (Å²) in [6.07, 6.45) is 2.39. The molecule has 14 heavy (non-hydrogen) atoms. The average Bonchev–Trinajstić information content (AvgIpc) is 1.96. The van der Waals surface area contributed by atoms with E-state index in [0.29, 0.717) is 6.42 Å². The van der Waals surface area contributed by atoms with Crippen molar-refractivity contribution in [2.75, 3.05) is 0 Å². The van der Waals surface area contributed by atoms with Gasteiger partial charge in [0.05, 0.1) is 11.7 Å². The third-order valence-electron chi connectivity index (χ3n) is 1.65. The summed E-state index contributed by atoms with van der Waals surface area (Å²) in [6, 6.07) is 0. The number of carboxylic acids is 1. The van der Waals surface area contributed by atoms with Crippen LogP contribution in [0.15, 0.2) is 11.8 Å². The molecule has 0 amide bonds. The van der Waals surface area contributed by atoms with E-state index in [2.05, 4.69) is 19.6 Å². The van der Waals surface area contributed by atoms with Crippen molar-refractivity contribution >= 4 is 14.3 Å². The van der Waals surface area contributed by atoms with Gasteiger partial charge in [-0.2, -0.15) is 0 Å². The fourth-order valence-corrected chi connectivity index (χ4v) is 2.02. The quantitative estimate of drug-likeness (QED) is 0.568. The Bertz CT molecular complexity index is 228. The molecule has 4 heteroatoms. The molecule has 0 aromatic rings. The predicted molar refractivity (Wildman–Crippen MR) is 59.6 cm³/mol. The largest absolute Gasteiger partial charge is 0.548 e. The minimum absolute atomic E-state index is 0.338. The summed E-state index contributed by atoms with van der Waals surface area (Å²) in [6.45, 7) is 9.88. The SMILES string of the molecule is CC(=CCC(C)C(=O)O)O[Si](C)(C)C. The molecule has 1 unspecified atom stereocenters.